The lowest BCUT2D eigenvalue weighted by Crippen LogP contribution is -2.40. The summed E-state index contributed by atoms with van der Waals surface area (Å²) < 4.78 is 10.5. The second-order valence-electron chi connectivity index (χ2n) is 7.31. The zero-order valence-corrected chi connectivity index (χ0v) is 19.7. The summed E-state index contributed by atoms with van der Waals surface area (Å²) in [5, 5.41) is 17.0. The number of ether oxygens (including phenoxy) is 2. The summed E-state index contributed by atoms with van der Waals surface area (Å²) >= 11 is 0. The van der Waals surface area contributed by atoms with Crippen molar-refractivity contribution in [2.24, 2.45) is 10.4 Å². The SMILES string of the molecule is CCNC(=NCC1(CCOC)CCCC1)NCC(O)c1ccc(OC)cc1.I. The molecule has 1 aliphatic rings. The number of aliphatic hydroxyl groups is 1. The largest absolute Gasteiger partial charge is 0.497 e. The van der Waals surface area contributed by atoms with Crippen molar-refractivity contribution in [1.29, 1.82) is 0 Å². The number of guanidine groups is 1. The molecular weight excluding hydrogens is 469 g/mol. The van der Waals surface area contributed by atoms with Gasteiger partial charge in [0.1, 0.15) is 5.75 Å². The van der Waals surface area contributed by atoms with Crippen LogP contribution in [0.25, 0.3) is 0 Å². The third-order valence-corrected chi connectivity index (χ3v) is 5.38. The molecule has 0 heterocycles. The molecule has 1 aromatic carbocycles. The van der Waals surface area contributed by atoms with Crippen LogP contribution < -0.4 is 15.4 Å². The van der Waals surface area contributed by atoms with E-state index in [2.05, 4.69) is 10.6 Å². The van der Waals surface area contributed by atoms with Gasteiger partial charge < -0.3 is 25.2 Å². The highest BCUT2D eigenvalue weighted by molar-refractivity contribution is 14.0. The van der Waals surface area contributed by atoms with Crippen molar-refractivity contribution in [2.45, 2.75) is 45.1 Å². The fraction of sp³-hybridized carbons (Fsp3) is 0.667. The Morgan fingerprint density at radius 1 is 1.18 bits per heavy atom. The van der Waals surface area contributed by atoms with Gasteiger partial charge in [0, 0.05) is 33.4 Å². The van der Waals surface area contributed by atoms with Crippen LogP contribution in [0.5, 0.6) is 5.75 Å². The molecule has 0 spiro atoms. The molecule has 2 rings (SSSR count). The van der Waals surface area contributed by atoms with E-state index in [9.17, 15) is 5.11 Å². The van der Waals surface area contributed by atoms with Crippen molar-refractivity contribution in [1.82, 2.24) is 10.6 Å². The van der Waals surface area contributed by atoms with Crippen molar-refractivity contribution in [3.8, 4) is 5.75 Å². The maximum absolute atomic E-state index is 10.4. The van der Waals surface area contributed by atoms with Gasteiger partial charge in [0.25, 0.3) is 0 Å². The molecule has 0 aromatic heterocycles. The molecule has 7 heteroatoms. The molecule has 1 unspecified atom stereocenters. The molecule has 1 aromatic rings. The molecule has 1 atom stereocenters. The second-order valence-corrected chi connectivity index (χ2v) is 7.31. The number of benzene rings is 1. The Bertz CT molecular complexity index is 575. The quantitative estimate of drug-likeness (QED) is 0.258. The van der Waals surface area contributed by atoms with Crippen LogP contribution in [-0.2, 0) is 4.74 Å². The first-order valence-electron chi connectivity index (χ1n) is 9.95. The molecule has 3 N–H and O–H groups in total. The maximum atomic E-state index is 10.4. The van der Waals surface area contributed by atoms with Crippen molar-refractivity contribution in [3.05, 3.63) is 29.8 Å². The zero-order valence-electron chi connectivity index (χ0n) is 17.4. The van der Waals surface area contributed by atoms with Crippen molar-refractivity contribution < 1.29 is 14.6 Å². The van der Waals surface area contributed by atoms with Gasteiger partial charge >= 0.3 is 0 Å². The van der Waals surface area contributed by atoms with Crippen molar-refractivity contribution in [2.75, 3.05) is 40.5 Å². The molecular formula is C21H36IN3O3. The number of aliphatic imine (C=N–C) groups is 1. The van der Waals surface area contributed by atoms with E-state index in [1.165, 1.54) is 25.7 Å². The Labute approximate surface area is 186 Å². The summed E-state index contributed by atoms with van der Waals surface area (Å²) in [5.41, 5.74) is 1.11. The lowest BCUT2D eigenvalue weighted by Gasteiger charge is -2.27. The summed E-state index contributed by atoms with van der Waals surface area (Å²) in [6.45, 7) is 4.83. The van der Waals surface area contributed by atoms with Crippen molar-refractivity contribution >= 4 is 29.9 Å². The molecule has 0 saturated heterocycles. The molecule has 0 bridgehead atoms. The van der Waals surface area contributed by atoms with E-state index < -0.39 is 6.10 Å². The van der Waals surface area contributed by atoms with Crippen LogP contribution in [0.15, 0.2) is 29.3 Å². The van der Waals surface area contributed by atoms with Crippen LogP contribution in [0, 0.1) is 5.41 Å². The van der Waals surface area contributed by atoms with E-state index in [0.717, 1.165) is 43.4 Å². The van der Waals surface area contributed by atoms with Gasteiger partial charge in [-0.05, 0) is 49.3 Å². The van der Waals surface area contributed by atoms with Gasteiger partial charge in [0.05, 0.1) is 13.2 Å². The number of nitrogens with zero attached hydrogens (tertiary/aromatic N) is 1. The molecule has 0 radical (unpaired) electrons. The number of nitrogens with one attached hydrogen (secondary N) is 2. The number of rotatable bonds is 10. The molecule has 160 valence electrons. The van der Waals surface area contributed by atoms with Crippen LogP contribution in [0.1, 0.15) is 50.7 Å². The molecule has 1 aliphatic carbocycles. The first kappa shape index (κ1) is 25.0. The third kappa shape index (κ3) is 7.75. The van der Waals surface area contributed by atoms with Crippen LogP contribution in [-0.4, -0.2) is 51.5 Å². The molecule has 1 saturated carbocycles. The van der Waals surface area contributed by atoms with Crippen LogP contribution in [0.4, 0.5) is 0 Å². The van der Waals surface area contributed by atoms with Gasteiger partial charge in [-0.1, -0.05) is 25.0 Å². The predicted molar refractivity (Wildman–Crippen MR) is 125 cm³/mol. The highest BCUT2D eigenvalue weighted by Crippen LogP contribution is 2.41. The van der Waals surface area contributed by atoms with Crippen molar-refractivity contribution in [3.63, 3.8) is 0 Å². The van der Waals surface area contributed by atoms with E-state index in [1.54, 1.807) is 14.2 Å². The topological polar surface area (TPSA) is 75.1 Å². The van der Waals surface area contributed by atoms with E-state index >= 15 is 0 Å². The van der Waals surface area contributed by atoms with Gasteiger partial charge in [0.2, 0.25) is 0 Å². The molecule has 1 fully saturated rings. The van der Waals surface area contributed by atoms with E-state index in [1.807, 2.05) is 31.2 Å². The average Bonchev–Trinajstić information content (AvgIpc) is 3.17. The highest BCUT2D eigenvalue weighted by Gasteiger charge is 2.33. The lowest BCUT2D eigenvalue weighted by molar-refractivity contribution is 0.141. The number of halogens is 1. The summed E-state index contributed by atoms with van der Waals surface area (Å²) in [5.74, 6) is 1.54. The third-order valence-electron chi connectivity index (χ3n) is 5.38. The molecule has 6 nitrogen and oxygen atoms in total. The highest BCUT2D eigenvalue weighted by atomic mass is 127. The lowest BCUT2D eigenvalue weighted by atomic mass is 9.83. The van der Waals surface area contributed by atoms with Gasteiger partial charge in [-0.25, -0.2) is 0 Å². The smallest absolute Gasteiger partial charge is 0.191 e. The first-order valence-corrected chi connectivity index (χ1v) is 9.95. The summed E-state index contributed by atoms with van der Waals surface area (Å²) in [4.78, 5) is 4.82. The van der Waals surface area contributed by atoms with E-state index in [0.29, 0.717) is 6.54 Å². The molecule has 0 amide bonds. The Balaban J connectivity index is 0.00000392. The van der Waals surface area contributed by atoms with Gasteiger partial charge in [0.15, 0.2) is 5.96 Å². The molecule has 28 heavy (non-hydrogen) atoms. The standard InChI is InChI=1S/C21H35N3O3.HI/c1-4-22-20(24-16-21(13-14-26-2)11-5-6-12-21)23-15-19(25)17-7-9-18(27-3)10-8-17;/h7-10,19,25H,4-6,11-16H2,1-3H3,(H2,22,23,24);1H. The Morgan fingerprint density at radius 3 is 2.43 bits per heavy atom. The first-order chi connectivity index (χ1) is 13.1. The number of hydrogen-bond acceptors (Lipinski definition) is 4. The number of hydrogen-bond donors (Lipinski definition) is 3. The van der Waals surface area contributed by atoms with Gasteiger partial charge in [-0.2, -0.15) is 0 Å². The van der Waals surface area contributed by atoms with Crippen LogP contribution >= 0.6 is 24.0 Å². The van der Waals surface area contributed by atoms with Gasteiger partial charge in [-0.3, -0.25) is 4.99 Å². The Morgan fingerprint density at radius 2 is 1.86 bits per heavy atom. The number of methoxy groups -OCH3 is 2. The van der Waals surface area contributed by atoms with Gasteiger partial charge in [-0.15, -0.1) is 24.0 Å². The average molecular weight is 505 g/mol. The fourth-order valence-electron chi connectivity index (χ4n) is 3.66. The summed E-state index contributed by atoms with van der Waals surface area (Å²) in [6, 6.07) is 7.48. The normalized spacial score (nSPS) is 16.9. The monoisotopic (exact) mass is 505 g/mol. The summed E-state index contributed by atoms with van der Waals surface area (Å²) in [6.07, 6.45) is 5.44. The predicted octanol–water partition coefficient (Wildman–Crippen LogP) is 3.50. The summed E-state index contributed by atoms with van der Waals surface area (Å²) in [7, 11) is 3.40. The van der Waals surface area contributed by atoms with Crippen LogP contribution in [0.2, 0.25) is 0 Å². The zero-order chi connectivity index (χ0) is 19.5. The Kier molecular flexibility index (Phi) is 11.8. The van der Waals surface area contributed by atoms with E-state index in [4.69, 9.17) is 14.5 Å². The van der Waals surface area contributed by atoms with Crippen LogP contribution in [0.3, 0.4) is 0 Å². The Hall–Kier alpha value is -1.06. The molecule has 0 aliphatic heterocycles. The minimum Gasteiger partial charge on any atom is -0.497 e. The van der Waals surface area contributed by atoms with E-state index in [-0.39, 0.29) is 29.4 Å². The number of aliphatic hydroxyl groups excluding tert-OH is 1. The minimum absolute atomic E-state index is 0. The minimum atomic E-state index is -0.603. The maximum Gasteiger partial charge on any atom is 0.191 e. The fourth-order valence-corrected chi connectivity index (χ4v) is 3.66. The second kappa shape index (κ2) is 13.2.